The molecule has 0 bridgehead atoms. The average molecular weight is 352 g/mol. The summed E-state index contributed by atoms with van der Waals surface area (Å²) in [6.07, 6.45) is 0. The Balaban J connectivity index is 2.17. The van der Waals surface area contributed by atoms with Gasteiger partial charge in [0, 0.05) is 4.47 Å². The van der Waals surface area contributed by atoms with Gasteiger partial charge in [0.25, 0.3) is 0 Å². The molecule has 20 heavy (non-hydrogen) atoms. The Morgan fingerprint density at radius 1 is 1.25 bits per heavy atom. The van der Waals surface area contributed by atoms with Crippen molar-refractivity contribution in [3.8, 4) is 11.5 Å². The van der Waals surface area contributed by atoms with E-state index in [0.717, 1.165) is 21.3 Å². The predicted octanol–water partition coefficient (Wildman–Crippen LogP) is 3.67. The van der Waals surface area contributed by atoms with Gasteiger partial charge in [0.2, 0.25) is 0 Å². The minimum Gasteiger partial charge on any atom is -0.497 e. The summed E-state index contributed by atoms with van der Waals surface area (Å²) < 4.78 is 11.9. The van der Waals surface area contributed by atoms with Crippen molar-refractivity contribution >= 4 is 33.1 Å². The minimum atomic E-state index is 0.318. The summed E-state index contributed by atoms with van der Waals surface area (Å²) in [6.45, 7) is 0.420. The second-order valence-electron chi connectivity index (χ2n) is 4.14. The number of ether oxygens (including phenoxy) is 2. The highest BCUT2D eigenvalue weighted by Gasteiger charge is 2.08. The molecule has 0 aliphatic carbocycles. The smallest absolute Gasteiger partial charge is 0.131 e. The van der Waals surface area contributed by atoms with Gasteiger partial charge in [0.15, 0.2) is 0 Å². The number of thiocarbonyl (C=S) groups is 1. The van der Waals surface area contributed by atoms with Crippen LogP contribution in [0.4, 0.5) is 0 Å². The molecule has 0 atom stereocenters. The Hall–Kier alpha value is -1.59. The largest absolute Gasteiger partial charge is 0.497 e. The minimum absolute atomic E-state index is 0.318. The standard InChI is InChI=1S/C15H14BrNO2S/c1-18-12-4-2-3-10(7-12)9-19-14-8-11(16)5-6-13(14)15(17)20/h2-8H,9H2,1H3,(H2,17,20). The van der Waals surface area contributed by atoms with Crippen molar-refractivity contribution in [2.75, 3.05) is 7.11 Å². The SMILES string of the molecule is COc1cccc(COc2cc(Br)ccc2C(N)=S)c1. The third-order valence-electron chi connectivity index (χ3n) is 2.74. The molecule has 0 radical (unpaired) electrons. The summed E-state index contributed by atoms with van der Waals surface area (Å²) in [5.41, 5.74) is 7.44. The summed E-state index contributed by atoms with van der Waals surface area (Å²) in [5.74, 6) is 1.46. The first-order valence-corrected chi connectivity index (χ1v) is 7.15. The van der Waals surface area contributed by atoms with E-state index in [1.54, 1.807) is 7.11 Å². The second-order valence-corrected chi connectivity index (χ2v) is 5.50. The summed E-state index contributed by atoms with van der Waals surface area (Å²) in [5, 5.41) is 0. The highest BCUT2D eigenvalue weighted by atomic mass is 79.9. The number of hydrogen-bond acceptors (Lipinski definition) is 3. The van der Waals surface area contributed by atoms with Crippen LogP contribution in [0.1, 0.15) is 11.1 Å². The molecule has 2 N–H and O–H groups in total. The van der Waals surface area contributed by atoms with Crippen LogP contribution in [0.25, 0.3) is 0 Å². The first kappa shape index (κ1) is 14.8. The monoisotopic (exact) mass is 351 g/mol. The molecule has 2 aromatic carbocycles. The highest BCUT2D eigenvalue weighted by molar-refractivity contribution is 9.10. The van der Waals surface area contributed by atoms with Crippen molar-refractivity contribution in [2.45, 2.75) is 6.61 Å². The van der Waals surface area contributed by atoms with E-state index in [-0.39, 0.29) is 0 Å². The second kappa shape index (κ2) is 6.72. The molecule has 0 spiro atoms. The number of halogens is 1. The Morgan fingerprint density at radius 3 is 2.75 bits per heavy atom. The summed E-state index contributed by atoms with van der Waals surface area (Å²) in [7, 11) is 1.64. The van der Waals surface area contributed by atoms with Crippen LogP contribution in [0.3, 0.4) is 0 Å². The molecule has 0 unspecified atom stereocenters. The van der Waals surface area contributed by atoms with Gasteiger partial charge in [-0.15, -0.1) is 0 Å². The van der Waals surface area contributed by atoms with Crippen LogP contribution in [0, 0.1) is 0 Å². The van der Waals surface area contributed by atoms with Crippen molar-refractivity contribution in [3.63, 3.8) is 0 Å². The topological polar surface area (TPSA) is 44.5 Å². The molecule has 5 heteroatoms. The molecule has 0 saturated carbocycles. The van der Waals surface area contributed by atoms with E-state index in [9.17, 15) is 0 Å². The van der Waals surface area contributed by atoms with Gasteiger partial charge in [-0.25, -0.2) is 0 Å². The van der Waals surface area contributed by atoms with Crippen LogP contribution >= 0.6 is 28.1 Å². The lowest BCUT2D eigenvalue weighted by molar-refractivity contribution is 0.304. The Kier molecular flexibility index (Phi) is 4.98. The van der Waals surface area contributed by atoms with Gasteiger partial charge in [-0.3, -0.25) is 0 Å². The van der Waals surface area contributed by atoms with Crippen molar-refractivity contribution in [1.82, 2.24) is 0 Å². The first-order valence-electron chi connectivity index (χ1n) is 5.95. The molecule has 0 fully saturated rings. The fourth-order valence-electron chi connectivity index (χ4n) is 1.74. The molecular formula is C15H14BrNO2S. The van der Waals surface area contributed by atoms with Gasteiger partial charge in [-0.2, -0.15) is 0 Å². The molecular weight excluding hydrogens is 338 g/mol. The number of hydrogen-bond donors (Lipinski definition) is 1. The van der Waals surface area contributed by atoms with Crippen LogP contribution in [0.5, 0.6) is 11.5 Å². The Morgan fingerprint density at radius 2 is 2.05 bits per heavy atom. The lowest BCUT2D eigenvalue weighted by Gasteiger charge is -2.12. The van der Waals surface area contributed by atoms with E-state index < -0.39 is 0 Å². The summed E-state index contributed by atoms with van der Waals surface area (Å²) in [4.78, 5) is 0.318. The van der Waals surface area contributed by atoms with Crippen LogP contribution < -0.4 is 15.2 Å². The van der Waals surface area contributed by atoms with E-state index in [2.05, 4.69) is 15.9 Å². The third kappa shape index (κ3) is 3.71. The van der Waals surface area contributed by atoms with Crippen LogP contribution in [0.15, 0.2) is 46.9 Å². The van der Waals surface area contributed by atoms with E-state index in [1.807, 2.05) is 42.5 Å². The number of rotatable bonds is 5. The molecule has 0 aliphatic rings. The Labute approximate surface area is 131 Å². The summed E-state index contributed by atoms with van der Waals surface area (Å²) in [6, 6.07) is 13.3. The van der Waals surface area contributed by atoms with E-state index in [4.69, 9.17) is 27.4 Å². The maximum Gasteiger partial charge on any atom is 0.131 e. The van der Waals surface area contributed by atoms with Crippen LogP contribution in [-0.2, 0) is 6.61 Å². The van der Waals surface area contributed by atoms with Gasteiger partial charge in [-0.05, 0) is 35.9 Å². The average Bonchev–Trinajstić information content (AvgIpc) is 2.45. The maximum atomic E-state index is 5.81. The fraction of sp³-hybridized carbons (Fsp3) is 0.133. The number of nitrogens with two attached hydrogens (primary N) is 1. The number of benzene rings is 2. The van der Waals surface area contributed by atoms with Crippen molar-refractivity contribution in [1.29, 1.82) is 0 Å². The zero-order valence-electron chi connectivity index (χ0n) is 10.9. The van der Waals surface area contributed by atoms with Gasteiger partial charge < -0.3 is 15.2 Å². The lowest BCUT2D eigenvalue weighted by Crippen LogP contribution is -2.11. The molecule has 0 heterocycles. The molecule has 0 aliphatic heterocycles. The molecule has 0 amide bonds. The van der Waals surface area contributed by atoms with Gasteiger partial charge in [0.1, 0.15) is 23.1 Å². The van der Waals surface area contributed by atoms with Gasteiger partial charge >= 0.3 is 0 Å². The molecule has 2 aromatic rings. The lowest BCUT2D eigenvalue weighted by atomic mass is 10.2. The molecule has 2 rings (SSSR count). The van der Waals surface area contributed by atoms with Crippen molar-refractivity contribution in [2.24, 2.45) is 5.73 Å². The molecule has 0 aromatic heterocycles. The van der Waals surface area contributed by atoms with Crippen molar-refractivity contribution < 1.29 is 9.47 Å². The van der Waals surface area contributed by atoms with Gasteiger partial charge in [-0.1, -0.05) is 40.3 Å². The predicted molar refractivity (Wildman–Crippen MR) is 87.4 cm³/mol. The van der Waals surface area contributed by atoms with Crippen LogP contribution in [0.2, 0.25) is 0 Å². The highest BCUT2D eigenvalue weighted by Crippen LogP contribution is 2.25. The molecule has 0 saturated heterocycles. The van der Waals surface area contributed by atoms with Crippen molar-refractivity contribution in [3.05, 3.63) is 58.1 Å². The fourth-order valence-corrected chi connectivity index (χ4v) is 2.25. The zero-order valence-corrected chi connectivity index (χ0v) is 13.3. The van der Waals surface area contributed by atoms with Gasteiger partial charge in [0.05, 0.1) is 12.7 Å². The van der Waals surface area contributed by atoms with E-state index in [1.165, 1.54) is 0 Å². The normalized spacial score (nSPS) is 10.1. The molecule has 3 nitrogen and oxygen atoms in total. The quantitative estimate of drug-likeness (QED) is 0.834. The number of methoxy groups -OCH3 is 1. The maximum absolute atomic E-state index is 5.81. The molecule has 104 valence electrons. The van der Waals surface area contributed by atoms with Crippen LogP contribution in [-0.4, -0.2) is 12.1 Å². The summed E-state index contributed by atoms with van der Waals surface area (Å²) >= 11 is 8.44. The zero-order chi connectivity index (χ0) is 14.5. The first-order chi connectivity index (χ1) is 9.60. The van der Waals surface area contributed by atoms with E-state index >= 15 is 0 Å². The van der Waals surface area contributed by atoms with E-state index in [0.29, 0.717) is 17.3 Å². The Bertz CT molecular complexity index is 631. The third-order valence-corrected chi connectivity index (χ3v) is 3.45.